The number of nitrogens with two attached hydrogens (primary N) is 1. The molecule has 2 aliphatic heterocycles. The molecular weight excluding hydrogens is 915 g/mol. The van der Waals surface area contributed by atoms with Gasteiger partial charge < -0.3 is 101 Å². The van der Waals surface area contributed by atoms with Crippen molar-refractivity contribution < 1.29 is 84.6 Å². The highest BCUT2D eigenvalue weighted by atomic mass is 16.6. The molecule has 4 aromatic carbocycles. The minimum Gasteiger partial charge on any atom is -0.491 e. The summed E-state index contributed by atoms with van der Waals surface area (Å²) in [5.74, 6) is 2.94. The Morgan fingerprint density at radius 1 is 0.443 bits per heavy atom. The Kier molecular flexibility index (Phi) is 25.2. The molecular formula is C50H73N3O17. The number of rotatable bonds is 31. The Balaban J connectivity index is 0.000000286. The number of aliphatic hydroxyl groups is 11. The number of epoxide rings is 2. The summed E-state index contributed by atoms with van der Waals surface area (Å²) in [5, 5.41) is 107. The first-order valence-corrected chi connectivity index (χ1v) is 23.0. The van der Waals surface area contributed by atoms with Gasteiger partial charge in [-0.25, -0.2) is 0 Å². The van der Waals surface area contributed by atoms with Crippen LogP contribution in [0.4, 0.5) is 0 Å². The van der Waals surface area contributed by atoms with Crippen LogP contribution in [0.15, 0.2) is 97.1 Å². The van der Waals surface area contributed by atoms with E-state index in [0.29, 0.717) is 43.3 Å². The molecule has 4 atom stereocenters. The van der Waals surface area contributed by atoms with Crippen molar-refractivity contribution in [3.8, 4) is 23.0 Å². The van der Waals surface area contributed by atoms with Gasteiger partial charge in [0.15, 0.2) is 0 Å². The number of hydrogen-bond acceptors (Lipinski definition) is 20. The second-order valence-electron chi connectivity index (χ2n) is 17.5. The Morgan fingerprint density at radius 2 is 0.700 bits per heavy atom. The van der Waals surface area contributed by atoms with E-state index < -0.39 is 88.3 Å². The van der Waals surface area contributed by atoms with Crippen molar-refractivity contribution in [1.82, 2.24) is 10.6 Å². The van der Waals surface area contributed by atoms with E-state index in [1.54, 1.807) is 24.3 Å². The van der Waals surface area contributed by atoms with Crippen LogP contribution in [0.1, 0.15) is 22.3 Å². The maximum atomic E-state index is 10.1. The lowest BCUT2D eigenvalue weighted by atomic mass is 10.0. The fraction of sp³-hybridized carbons (Fsp3) is 0.520. The van der Waals surface area contributed by atoms with E-state index in [1.165, 1.54) is 11.1 Å². The maximum absolute atomic E-state index is 10.1. The van der Waals surface area contributed by atoms with Gasteiger partial charge in [0, 0.05) is 13.1 Å². The third-order valence-corrected chi connectivity index (χ3v) is 11.3. The van der Waals surface area contributed by atoms with E-state index >= 15 is 0 Å². The number of β-amino-alcohol motifs (C(OH)–C–C–N with tert-alkyl or cyclic N) is 2. The zero-order valence-corrected chi connectivity index (χ0v) is 39.4. The molecule has 4 aromatic rings. The summed E-state index contributed by atoms with van der Waals surface area (Å²) in [6, 6.07) is 31.3. The number of aliphatic hydroxyl groups excluding tert-OH is 11. The summed E-state index contributed by atoms with van der Waals surface area (Å²) in [5.41, 5.74) is 6.02. The average Bonchev–Trinajstić information content (AvgIpc) is 4.37. The number of nitrogens with one attached hydrogen (secondary N) is 2. The van der Waals surface area contributed by atoms with Crippen molar-refractivity contribution in [3.63, 3.8) is 0 Å². The highest BCUT2D eigenvalue weighted by Gasteiger charge is 2.29. The molecule has 0 aliphatic carbocycles. The molecule has 6 rings (SSSR count). The molecule has 20 nitrogen and oxygen atoms in total. The van der Waals surface area contributed by atoms with Gasteiger partial charge in [0.1, 0.15) is 73.8 Å². The van der Waals surface area contributed by atoms with Crippen LogP contribution in [0.25, 0.3) is 0 Å². The lowest BCUT2D eigenvalue weighted by molar-refractivity contribution is 0.0257. The van der Waals surface area contributed by atoms with Crippen LogP contribution >= 0.6 is 0 Å². The molecule has 0 radical (unpaired) electrons. The van der Waals surface area contributed by atoms with Gasteiger partial charge >= 0.3 is 0 Å². The SMILES string of the molecule is NC(CO)(CO)CO.OCC(CO)(CO)NCC(O)COc1ccc(Cc2ccc(OCC(O)CNC(CO)(CO)CO)cc2)cc1.c1cc(OCC2CO2)ccc1Cc1ccc(OCC2CO2)cc1. The molecule has 15 N–H and O–H groups in total. The van der Waals surface area contributed by atoms with Crippen molar-refractivity contribution >= 4 is 0 Å². The van der Waals surface area contributed by atoms with Crippen LogP contribution in [0, 0.1) is 0 Å². The van der Waals surface area contributed by atoms with Crippen LogP contribution in [0.3, 0.4) is 0 Å². The first-order chi connectivity index (χ1) is 33.8. The fourth-order valence-corrected chi connectivity index (χ4v) is 5.95. The third kappa shape index (κ3) is 21.0. The van der Waals surface area contributed by atoms with Gasteiger partial charge in [0.05, 0.1) is 89.3 Å². The quantitative estimate of drug-likeness (QED) is 0.0239. The highest BCUT2D eigenvalue weighted by Crippen LogP contribution is 2.21. The van der Waals surface area contributed by atoms with Crippen LogP contribution in [-0.2, 0) is 22.3 Å². The summed E-state index contributed by atoms with van der Waals surface area (Å²) >= 11 is 0. The zero-order chi connectivity index (χ0) is 50.8. The summed E-state index contributed by atoms with van der Waals surface area (Å²) in [6.45, 7) is -1.10. The highest BCUT2D eigenvalue weighted by molar-refractivity contribution is 5.35. The van der Waals surface area contributed by atoms with Crippen LogP contribution in [-0.4, -0.2) is 209 Å². The summed E-state index contributed by atoms with van der Waals surface area (Å²) in [7, 11) is 0. The Labute approximate surface area is 408 Å². The molecule has 390 valence electrons. The van der Waals surface area contributed by atoms with Crippen molar-refractivity contribution in [1.29, 1.82) is 0 Å². The fourth-order valence-electron chi connectivity index (χ4n) is 5.95. The molecule has 2 fully saturated rings. The van der Waals surface area contributed by atoms with Crippen molar-refractivity contribution in [3.05, 3.63) is 119 Å². The molecule has 4 unspecified atom stereocenters. The summed E-state index contributed by atoms with van der Waals surface area (Å²) in [6.07, 6.45) is 0.321. The van der Waals surface area contributed by atoms with Gasteiger partial charge in [0.2, 0.25) is 0 Å². The topological polar surface area (TPSA) is 335 Å². The molecule has 2 heterocycles. The Morgan fingerprint density at radius 3 is 0.914 bits per heavy atom. The molecule has 70 heavy (non-hydrogen) atoms. The lowest BCUT2D eigenvalue weighted by Gasteiger charge is -2.29. The Bertz CT molecular complexity index is 1820. The van der Waals surface area contributed by atoms with E-state index in [4.69, 9.17) is 49.5 Å². The molecule has 0 aromatic heterocycles. The second kappa shape index (κ2) is 30.4. The van der Waals surface area contributed by atoms with Gasteiger partial charge in [-0.1, -0.05) is 48.5 Å². The predicted molar refractivity (Wildman–Crippen MR) is 257 cm³/mol. The number of benzene rings is 4. The number of hydrogen-bond donors (Lipinski definition) is 14. The lowest BCUT2D eigenvalue weighted by Crippen LogP contribution is -2.57. The van der Waals surface area contributed by atoms with Crippen molar-refractivity contribution in [2.24, 2.45) is 5.73 Å². The van der Waals surface area contributed by atoms with Gasteiger partial charge in [-0.05, 0) is 83.6 Å². The summed E-state index contributed by atoms with van der Waals surface area (Å²) in [4.78, 5) is 0. The first kappa shape index (κ1) is 58.0. The largest absolute Gasteiger partial charge is 0.491 e. The van der Waals surface area contributed by atoms with Gasteiger partial charge in [-0.3, -0.25) is 0 Å². The summed E-state index contributed by atoms with van der Waals surface area (Å²) < 4.78 is 32.8. The molecule has 0 saturated carbocycles. The van der Waals surface area contributed by atoms with Gasteiger partial charge in [0.25, 0.3) is 0 Å². The Hall–Kier alpha value is -4.56. The van der Waals surface area contributed by atoms with E-state index in [-0.39, 0.29) is 26.3 Å². The van der Waals surface area contributed by atoms with E-state index in [0.717, 1.165) is 42.3 Å². The van der Waals surface area contributed by atoms with Gasteiger partial charge in [-0.15, -0.1) is 0 Å². The van der Waals surface area contributed by atoms with Gasteiger partial charge in [-0.2, -0.15) is 0 Å². The third-order valence-electron chi connectivity index (χ3n) is 11.3. The van der Waals surface area contributed by atoms with E-state index in [2.05, 4.69) is 34.9 Å². The molecule has 2 aliphatic rings. The second-order valence-corrected chi connectivity index (χ2v) is 17.5. The number of ether oxygens (including phenoxy) is 6. The molecule has 0 bridgehead atoms. The van der Waals surface area contributed by atoms with Crippen LogP contribution in [0.2, 0.25) is 0 Å². The minimum absolute atomic E-state index is 0.0118. The van der Waals surface area contributed by atoms with Crippen LogP contribution in [0.5, 0.6) is 23.0 Å². The van der Waals surface area contributed by atoms with E-state index in [9.17, 15) is 40.9 Å². The minimum atomic E-state index is -1.26. The molecule has 2 saturated heterocycles. The van der Waals surface area contributed by atoms with Crippen molar-refractivity contribution in [2.75, 3.05) is 112 Å². The van der Waals surface area contributed by atoms with Crippen LogP contribution < -0.4 is 35.3 Å². The smallest absolute Gasteiger partial charge is 0.119 e. The maximum Gasteiger partial charge on any atom is 0.119 e. The van der Waals surface area contributed by atoms with E-state index in [1.807, 2.05) is 48.5 Å². The monoisotopic (exact) mass is 987 g/mol. The first-order valence-electron chi connectivity index (χ1n) is 23.0. The molecule has 0 amide bonds. The zero-order valence-electron chi connectivity index (χ0n) is 39.4. The van der Waals surface area contributed by atoms with Crippen molar-refractivity contribution in [2.45, 2.75) is 53.9 Å². The normalized spacial score (nSPS) is 16.2. The molecule has 20 heteroatoms. The average molecular weight is 988 g/mol. The predicted octanol–water partition coefficient (Wildman–Crippen LogP) is -2.14. The standard InChI is InChI=1S/C27H42N2O10.C19H20O4.C4H11NO3/c30-14-26(15-31,16-32)28-10-22(36)12-38-24-5-1-20(2-6-24)9-21-3-7-25(8-4-21)39-13-23(37)11-29-27(17-33,18-34)19-35;1-5-16(20-10-18-12-22-18)6-2-14(1)9-15-3-7-17(8-4-15)21-11-19-13-23-19;5-4(1-6,2-7)3-8/h1-8,22-23,28-37H,9-19H2;1-8,18-19H,9-13H2;6-8H,1-3,5H2. The molecule has 0 spiro atoms.